The second-order valence-electron chi connectivity index (χ2n) is 5.61. The first-order valence-electron chi connectivity index (χ1n) is 7.70. The standard InChI is InChI=1S/C17H14F4N4O/c18-14-5-6-15(16-22-24-25(23-16)7-8-26)12(10-14)9-11-1-3-13(4-2-11)17(19,20)21/h1-6,10,26H,7-9H2. The number of halogens is 4. The number of aliphatic hydroxyl groups is 1. The van der Waals surface area contributed by atoms with E-state index in [9.17, 15) is 17.6 Å². The molecule has 0 aliphatic heterocycles. The average molecular weight is 366 g/mol. The van der Waals surface area contributed by atoms with Gasteiger partial charge in [-0.1, -0.05) is 12.1 Å². The highest BCUT2D eigenvalue weighted by Crippen LogP contribution is 2.30. The van der Waals surface area contributed by atoms with Crippen LogP contribution < -0.4 is 0 Å². The number of aliphatic hydroxyl groups excluding tert-OH is 1. The summed E-state index contributed by atoms with van der Waals surface area (Å²) in [6.45, 7) is 0.0139. The van der Waals surface area contributed by atoms with Crippen LogP contribution in [0.25, 0.3) is 11.4 Å². The molecule has 5 nitrogen and oxygen atoms in total. The molecule has 0 amide bonds. The summed E-state index contributed by atoms with van der Waals surface area (Å²) < 4.78 is 51.6. The average Bonchev–Trinajstić information content (AvgIpc) is 3.03. The summed E-state index contributed by atoms with van der Waals surface area (Å²) in [5.41, 5.74) is 0.894. The van der Waals surface area contributed by atoms with Crippen LogP contribution in [0.1, 0.15) is 16.7 Å². The third-order valence-electron chi connectivity index (χ3n) is 3.74. The van der Waals surface area contributed by atoms with E-state index in [1.54, 1.807) is 0 Å². The highest BCUT2D eigenvalue weighted by atomic mass is 19.4. The first kappa shape index (κ1) is 18.0. The molecule has 0 aliphatic rings. The molecule has 136 valence electrons. The minimum absolute atomic E-state index is 0.155. The van der Waals surface area contributed by atoms with Gasteiger partial charge in [0.1, 0.15) is 5.82 Å². The minimum atomic E-state index is -4.41. The summed E-state index contributed by atoms with van der Waals surface area (Å²) in [7, 11) is 0. The van der Waals surface area contributed by atoms with Crippen molar-refractivity contribution in [1.29, 1.82) is 0 Å². The Morgan fingerprint density at radius 3 is 2.42 bits per heavy atom. The summed E-state index contributed by atoms with van der Waals surface area (Å²) >= 11 is 0. The number of alkyl halides is 3. The van der Waals surface area contributed by atoms with Crippen molar-refractivity contribution in [2.75, 3.05) is 6.61 Å². The zero-order valence-electron chi connectivity index (χ0n) is 13.4. The fourth-order valence-corrected chi connectivity index (χ4v) is 2.49. The van der Waals surface area contributed by atoms with E-state index >= 15 is 0 Å². The molecule has 1 heterocycles. The predicted octanol–water partition coefficient (Wildman–Crippen LogP) is 3.08. The van der Waals surface area contributed by atoms with Crippen molar-refractivity contribution in [3.8, 4) is 11.4 Å². The third-order valence-corrected chi connectivity index (χ3v) is 3.74. The van der Waals surface area contributed by atoms with E-state index in [0.29, 0.717) is 16.7 Å². The normalized spacial score (nSPS) is 11.7. The lowest BCUT2D eigenvalue weighted by molar-refractivity contribution is -0.137. The molecule has 3 aromatic rings. The topological polar surface area (TPSA) is 63.8 Å². The second-order valence-corrected chi connectivity index (χ2v) is 5.61. The number of rotatable bonds is 5. The van der Waals surface area contributed by atoms with Gasteiger partial charge in [0.15, 0.2) is 0 Å². The molecule has 1 N–H and O–H groups in total. The lowest BCUT2D eigenvalue weighted by Gasteiger charge is -2.10. The molecule has 0 fully saturated rings. The Labute approximate surface area is 145 Å². The van der Waals surface area contributed by atoms with Gasteiger partial charge in [0.05, 0.1) is 18.7 Å². The number of nitrogens with zero attached hydrogens (tertiary/aromatic N) is 4. The molecule has 0 aliphatic carbocycles. The molecular formula is C17H14F4N4O. The molecule has 9 heteroatoms. The molecule has 1 aromatic heterocycles. The van der Waals surface area contributed by atoms with Gasteiger partial charge in [0, 0.05) is 5.56 Å². The SMILES string of the molecule is OCCn1nnc(-c2ccc(F)cc2Cc2ccc(C(F)(F)F)cc2)n1. The van der Waals surface area contributed by atoms with E-state index in [0.717, 1.165) is 12.1 Å². The first-order valence-corrected chi connectivity index (χ1v) is 7.70. The highest BCUT2D eigenvalue weighted by molar-refractivity contribution is 5.60. The van der Waals surface area contributed by atoms with Gasteiger partial charge >= 0.3 is 6.18 Å². The summed E-state index contributed by atoms with van der Waals surface area (Å²) in [5.74, 6) is -0.223. The van der Waals surface area contributed by atoms with E-state index in [2.05, 4.69) is 15.4 Å². The summed E-state index contributed by atoms with van der Waals surface area (Å²) in [6.07, 6.45) is -4.20. The lowest BCUT2D eigenvalue weighted by atomic mass is 9.98. The lowest BCUT2D eigenvalue weighted by Crippen LogP contribution is -2.06. The van der Waals surface area contributed by atoms with Gasteiger partial charge in [-0.3, -0.25) is 0 Å². The largest absolute Gasteiger partial charge is 0.416 e. The van der Waals surface area contributed by atoms with Crippen LogP contribution in [-0.2, 0) is 19.1 Å². The second kappa shape index (κ2) is 7.20. The van der Waals surface area contributed by atoms with Crippen molar-refractivity contribution in [2.24, 2.45) is 0 Å². The van der Waals surface area contributed by atoms with Gasteiger partial charge in [-0.15, -0.1) is 10.2 Å². The molecule has 3 rings (SSSR count). The predicted molar refractivity (Wildman–Crippen MR) is 84.5 cm³/mol. The third kappa shape index (κ3) is 4.05. The van der Waals surface area contributed by atoms with Crippen molar-refractivity contribution in [3.63, 3.8) is 0 Å². The van der Waals surface area contributed by atoms with E-state index in [1.165, 1.54) is 35.1 Å². The summed E-state index contributed by atoms with van der Waals surface area (Å²) in [4.78, 5) is 1.21. The summed E-state index contributed by atoms with van der Waals surface area (Å²) in [6, 6.07) is 8.72. The van der Waals surface area contributed by atoms with Gasteiger partial charge < -0.3 is 5.11 Å². The van der Waals surface area contributed by atoms with Crippen LogP contribution in [-0.4, -0.2) is 31.9 Å². The van der Waals surface area contributed by atoms with Crippen molar-refractivity contribution in [1.82, 2.24) is 20.2 Å². The molecule has 2 aromatic carbocycles. The quantitative estimate of drug-likeness (QED) is 0.705. The van der Waals surface area contributed by atoms with Crippen LogP contribution in [0.3, 0.4) is 0 Å². The fourth-order valence-electron chi connectivity index (χ4n) is 2.49. The Morgan fingerprint density at radius 2 is 1.77 bits per heavy atom. The van der Waals surface area contributed by atoms with Gasteiger partial charge in [0.2, 0.25) is 5.82 Å². The maximum absolute atomic E-state index is 13.7. The molecule has 26 heavy (non-hydrogen) atoms. The molecular weight excluding hydrogens is 352 g/mol. The Morgan fingerprint density at radius 1 is 1.04 bits per heavy atom. The van der Waals surface area contributed by atoms with E-state index < -0.39 is 17.6 Å². The first-order chi connectivity index (χ1) is 12.4. The molecule has 0 unspecified atom stereocenters. The summed E-state index contributed by atoms with van der Waals surface area (Å²) in [5, 5.41) is 20.7. The molecule has 0 radical (unpaired) electrons. The molecule has 0 spiro atoms. The van der Waals surface area contributed by atoms with Gasteiger partial charge in [-0.25, -0.2) is 4.39 Å². The van der Waals surface area contributed by atoms with Crippen LogP contribution in [0.15, 0.2) is 42.5 Å². The fraction of sp³-hybridized carbons (Fsp3) is 0.235. The molecule has 0 saturated heterocycles. The number of hydrogen-bond acceptors (Lipinski definition) is 4. The van der Waals surface area contributed by atoms with Crippen LogP contribution >= 0.6 is 0 Å². The monoisotopic (exact) mass is 366 g/mol. The number of aromatic nitrogens is 4. The highest BCUT2D eigenvalue weighted by Gasteiger charge is 2.29. The zero-order valence-corrected chi connectivity index (χ0v) is 13.4. The molecule has 0 saturated carbocycles. The zero-order chi connectivity index (χ0) is 18.7. The molecule has 0 bridgehead atoms. The Balaban J connectivity index is 1.90. The van der Waals surface area contributed by atoms with E-state index in [-0.39, 0.29) is 25.4 Å². The van der Waals surface area contributed by atoms with Crippen LogP contribution in [0.5, 0.6) is 0 Å². The van der Waals surface area contributed by atoms with Gasteiger partial charge in [0.25, 0.3) is 0 Å². The van der Waals surface area contributed by atoms with Crippen molar-refractivity contribution in [2.45, 2.75) is 19.1 Å². The Kier molecular flexibility index (Phi) is 4.99. The van der Waals surface area contributed by atoms with Crippen LogP contribution in [0.2, 0.25) is 0 Å². The van der Waals surface area contributed by atoms with E-state index in [4.69, 9.17) is 5.11 Å². The van der Waals surface area contributed by atoms with Gasteiger partial charge in [-0.05, 0) is 53.1 Å². The maximum atomic E-state index is 13.7. The number of benzene rings is 2. The Bertz CT molecular complexity index is 891. The maximum Gasteiger partial charge on any atom is 0.416 e. The van der Waals surface area contributed by atoms with E-state index in [1.807, 2.05) is 0 Å². The number of tetrazole rings is 1. The van der Waals surface area contributed by atoms with Crippen molar-refractivity contribution >= 4 is 0 Å². The Hall–Kier alpha value is -2.81. The van der Waals surface area contributed by atoms with Gasteiger partial charge in [-0.2, -0.15) is 18.0 Å². The minimum Gasteiger partial charge on any atom is -0.394 e. The van der Waals surface area contributed by atoms with Crippen molar-refractivity contribution < 1.29 is 22.7 Å². The smallest absolute Gasteiger partial charge is 0.394 e. The van der Waals surface area contributed by atoms with Crippen LogP contribution in [0.4, 0.5) is 17.6 Å². The van der Waals surface area contributed by atoms with Crippen molar-refractivity contribution in [3.05, 3.63) is 65.0 Å². The number of hydrogen-bond donors (Lipinski definition) is 1. The van der Waals surface area contributed by atoms with Crippen LogP contribution in [0, 0.1) is 5.82 Å². The molecule has 0 atom stereocenters.